The molecule has 0 saturated carbocycles. The van der Waals surface area contributed by atoms with Gasteiger partial charge in [0.15, 0.2) is 0 Å². The number of ether oxygens (including phenoxy) is 1. The van der Waals surface area contributed by atoms with Gasteiger partial charge in [0.25, 0.3) is 0 Å². The monoisotopic (exact) mass is 518 g/mol. The van der Waals surface area contributed by atoms with E-state index in [0.717, 1.165) is 36.0 Å². The molecule has 198 valence electrons. The molecule has 3 rings (SSSR count). The first-order chi connectivity index (χ1) is 18.0. The van der Waals surface area contributed by atoms with Gasteiger partial charge in [0.2, 0.25) is 0 Å². The average molecular weight is 519 g/mol. The van der Waals surface area contributed by atoms with E-state index in [-0.39, 0.29) is 12.1 Å². The molecule has 0 saturated heterocycles. The number of carbonyl (C=O) groups excluding carboxylic acids is 1. The van der Waals surface area contributed by atoms with Crippen LogP contribution >= 0.6 is 11.6 Å². The molecule has 2 nitrogen and oxygen atoms in total. The van der Waals surface area contributed by atoms with E-state index >= 15 is 0 Å². The number of hydrogen-bond donors (Lipinski definition) is 0. The second-order valence-electron chi connectivity index (χ2n) is 10.2. The van der Waals surface area contributed by atoms with Crippen molar-refractivity contribution in [1.29, 1.82) is 0 Å². The van der Waals surface area contributed by atoms with Gasteiger partial charge in [-0.25, -0.2) is 0 Å². The summed E-state index contributed by atoms with van der Waals surface area (Å²) in [4.78, 5) is 12.3. The second-order valence-corrected chi connectivity index (χ2v) is 10.6. The van der Waals surface area contributed by atoms with E-state index in [1.165, 1.54) is 55.2 Å². The van der Waals surface area contributed by atoms with Crippen LogP contribution in [-0.2, 0) is 22.4 Å². The SMILES string of the molecule is CCCCCC[C@H](C)OC(=O)CCc1ccc(-c2ccc(-c3ccc(CCCCC)cc3)cc2)cc1Cl. The number of rotatable bonds is 15. The molecule has 0 N–H and O–H groups in total. The lowest BCUT2D eigenvalue weighted by molar-refractivity contribution is -0.148. The van der Waals surface area contributed by atoms with Crippen LogP contribution in [0.25, 0.3) is 22.3 Å². The number of esters is 1. The third-order valence-electron chi connectivity index (χ3n) is 7.02. The number of carbonyl (C=O) groups is 1. The first-order valence-electron chi connectivity index (χ1n) is 14.2. The maximum Gasteiger partial charge on any atom is 0.306 e. The number of aryl methyl sites for hydroxylation is 2. The highest BCUT2D eigenvalue weighted by Crippen LogP contribution is 2.29. The van der Waals surface area contributed by atoms with Gasteiger partial charge < -0.3 is 4.74 Å². The quantitative estimate of drug-likeness (QED) is 0.148. The number of benzene rings is 3. The normalized spacial score (nSPS) is 11.9. The van der Waals surface area contributed by atoms with Crippen LogP contribution in [0.2, 0.25) is 5.02 Å². The van der Waals surface area contributed by atoms with E-state index in [4.69, 9.17) is 16.3 Å². The molecule has 0 aliphatic heterocycles. The van der Waals surface area contributed by atoms with E-state index in [9.17, 15) is 4.79 Å². The molecule has 3 aromatic carbocycles. The van der Waals surface area contributed by atoms with E-state index in [0.29, 0.717) is 17.9 Å². The summed E-state index contributed by atoms with van der Waals surface area (Å²) in [5.74, 6) is -0.146. The van der Waals surface area contributed by atoms with Crippen LogP contribution in [0.5, 0.6) is 0 Å². The van der Waals surface area contributed by atoms with Crippen LogP contribution < -0.4 is 0 Å². The Morgan fingerprint density at radius 1 is 0.730 bits per heavy atom. The molecule has 3 aromatic rings. The molecular formula is C34H43ClO2. The standard InChI is InChI=1S/C34H43ClO2/c1-4-6-8-10-11-26(3)37-34(36)24-23-31-21-22-32(25-33(31)35)30-19-17-29(18-20-30)28-15-13-27(14-16-28)12-9-7-5-2/h13-22,25-26H,4-12,23-24H2,1-3H3/t26-/m0/s1. The average Bonchev–Trinajstić information content (AvgIpc) is 2.91. The van der Waals surface area contributed by atoms with E-state index < -0.39 is 0 Å². The molecule has 0 aliphatic carbocycles. The zero-order valence-corrected chi connectivity index (χ0v) is 23.7. The van der Waals surface area contributed by atoms with Crippen LogP contribution in [-0.4, -0.2) is 12.1 Å². The molecule has 0 amide bonds. The van der Waals surface area contributed by atoms with E-state index in [2.05, 4.69) is 68.4 Å². The molecule has 0 aromatic heterocycles. The van der Waals surface area contributed by atoms with Gasteiger partial charge in [0.1, 0.15) is 0 Å². The summed E-state index contributed by atoms with van der Waals surface area (Å²) in [6.07, 6.45) is 11.6. The Labute approximate surface area is 229 Å². The molecule has 0 bridgehead atoms. The number of halogens is 1. The lowest BCUT2D eigenvalue weighted by atomic mass is 9.97. The van der Waals surface area contributed by atoms with Gasteiger partial charge in [-0.3, -0.25) is 4.79 Å². The summed E-state index contributed by atoms with van der Waals surface area (Å²) >= 11 is 6.60. The zero-order valence-electron chi connectivity index (χ0n) is 22.9. The fraction of sp³-hybridized carbons (Fsp3) is 0.441. The fourth-order valence-corrected chi connectivity index (χ4v) is 4.94. The van der Waals surface area contributed by atoms with Crippen molar-refractivity contribution >= 4 is 17.6 Å². The predicted molar refractivity (Wildman–Crippen MR) is 158 cm³/mol. The molecule has 0 fully saturated rings. The van der Waals surface area contributed by atoms with Crippen LogP contribution in [0.1, 0.15) is 89.7 Å². The highest BCUT2D eigenvalue weighted by atomic mass is 35.5. The molecule has 0 spiro atoms. The minimum absolute atomic E-state index is 0.0195. The fourth-order valence-electron chi connectivity index (χ4n) is 4.67. The molecule has 0 aliphatic rings. The van der Waals surface area contributed by atoms with E-state index in [1.807, 2.05) is 19.1 Å². The van der Waals surface area contributed by atoms with Gasteiger partial charge >= 0.3 is 5.97 Å². The zero-order chi connectivity index (χ0) is 26.5. The van der Waals surface area contributed by atoms with Crippen molar-refractivity contribution < 1.29 is 9.53 Å². The lowest BCUT2D eigenvalue weighted by Crippen LogP contribution is -2.15. The molecule has 37 heavy (non-hydrogen) atoms. The number of unbranched alkanes of at least 4 members (excludes halogenated alkanes) is 5. The Morgan fingerprint density at radius 3 is 1.92 bits per heavy atom. The predicted octanol–water partition coefficient (Wildman–Crippen LogP) is 10.2. The van der Waals surface area contributed by atoms with Crippen molar-refractivity contribution in [3.05, 3.63) is 82.9 Å². The van der Waals surface area contributed by atoms with Gasteiger partial charge in [-0.05, 0) is 78.5 Å². The summed E-state index contributed by atoms with van der Waals surface area (Å²) in [5.41, 5.74) is 7.05. The first kappa shape index (κ1) is 29.0. The van der Waals surface area contributed by atoms with Crippen molar-refractivity contribution in [2.75, 3.05) is 0 Å². The molecule has 1 atom stereocenters. The van der Waals surface area contributed by atoms with Crippen LogP contribution in [0.4, 0.5) is 0 Å². The first-order valence-corrected chi connectivity index (χ1v) is 14.6. The van der Waals surface area contributed by atoms with Crippen LogP contribution in [0.15, 0.2) is 66.7 Å². The Kier molecular flexibility index (Phi) is 12.2. The Bertz CT molecular complexity index is 1090. The largest absolute Gasteiger partial charge is 0.463 e. The molecule has 0 unspecified atom stereocenters. The van der Waals surface area contributed by atoms with Crippen molar-refractivity contribution in [2.24, 2.45) is 0 Å². The molecular weight excluding hydrogens is 476 g/mol. The third-order valence-corrected chi connectivity index (χ3v) is 7.37. The van der Waals surface area contributed by atoms with E-state index in [1.54, 1.807) is 0 Å². The maximum atomic E-state index is 12.3. The van der Waals surface area contributed by atoms with Gasteiger partial charge in [-0.15, -0.1) is 0 Å². The topological polar surface area (TPSA) is 26.3 Å². The smallest absolute Gasteiger partial charge is 0.306 e. The van der Waals surface area contributed by atoms with Gasteiger partial charge in [-0.2, -0.15) is 0 Å². The summed E-state index contributed by atoms with van der Waals surface area (Å²) in [5, 5.41) is 0.695. The Morgan fingerprint density at radius 2 is 1.30 bits per heavy atom. The number of hydrogen-bond acceptors (Lipinski definition) is 2. The highest BCUT2D eigenvalue weighted by Gasteiger charge is 2.12. The highest BCUT2D eigenvalue weighted by molar-refractivity contribution is 6.31. The van der Waals surface area contributed by atoms with Crippen molar-refractivity contribution in [2.45, 2.75) is 97.5 Å². The van der Waals surface area contributed by atoms with Crippen LogP contribution in [0.3, 0.4) is 0 Å². The minimum atomic E-state index is -0.146. The molecule has 0 radical (unpaired) electrons. The second kappa shape index (κ2) is 15.6. The molecule has 3 heteroatoms. The summed E-state index contributed by atoms with van der Waals surface area (Å²) < 4.78 is 5.58. The van der Waals surface area contributed by atoms with Gasteiger partial charge in [0.05, 0.1) is 6.10 Å². The maximum absolute atomic E-state index is 12.3. The van der Waals surface area contributed by atoms with Crippen molar-refractivity contribution in [1.82, 2.24) is 0 Å². The summed E-state index contributed by atoms with van der Waals surface area (Å²) in [7, 11) is 0. The van der Waals surface area contributed by atoms with Gasteiger partial charge in [0, 0.05) is 11.4 Å². The van der Waals surface area contributed by atoms with Crippen molar-refractivity contribution in [3.8, 4) is 22.3 Å². The Balaban J connectivity index is 1.52. The molecule has 0 heterocycles. The summed E-state index contributed by atoms with van der Waals surface area (Å²) in [6.45, 7) is 6.43. The summed E-state index contributed by atoms with van der Waals surface area (Å²) in [6, 6.07) is 23.7. The van der Waals surface area contributed by atoms with Crippen LogP contribution in [0, 0.1) is 0 Å². The Hall–Kier alpha value is -2.58. The van der Waals surface area contributed by atoms with Gasteiger partial charge in [-0.1, -0.05) is 118 Å². The minimum Gasteiger partial charge on any atom is -0.463 e. The van der Waals surface area contributed by atoms with Crippen molar-refractivity contribution in [3.63, 3.8) is 0 Å². The third kappa shape index (κ3) is 9.67. The lowest BCUT2D eigenvalue weighted by Gasteiger charge is -2.13.